The number of rotatable bonds is 1. The highest BCUT2D eigenvalue weighted by Gasteiger charge is 2.10. The van der Waals surface area contributed by atoms with Crippen molar-refractivity contribution in [2.75, 3.05) is 11.5 Å². The molecule has 6 heteroatoms. The smallest absolute Gasteiger partial charge is 0.182 e. The maximum Gasteiger partial charge on any atom is 0.182 e. The van der Waals surface area contributed by atoms with Gasteiger partial charge in [-0.05, 0) is 23.6 Å². The third-order valence-electron chi connectivity index (χ3n) is 2.71. The molecule has 0 fully saturated rings. The van der Waals surface area contributed by atoms with Crippen LogP contribution in [0.4, 0.5) is 11.6 Å². The number of anilines is 2. The van der Waals surface area contributed by atoms with Crippen molar-refractivity contribution in [1.29, 1.82) is 0 Å². The Hall–Kier alpha value is -2.40. The number of fused-ring (bicyclic) bond motifs is 1. The van der Waals surface area contributed by atoms with Crippen molar-refractivity contribution in [2.24, 2.45) is 0 Å². The van der Waals surface area contributed by atoms with E-state index < -0.39 is 0 Å². The van der Waals surface area contributed by atoms with Gasteiger partial charge in [-0.25, -0.2) is 9.97 Å². The fourth-order valence-corrected chi connectivity index (χ4v) is 2.08. The number of pyridine rings is 1. The molecule has 0 atom stereocenters. The van der Waals surface area contributed by atoms with Gasteiger partial charge in [-0.3, -0.25) is 4.98 Å². The summed E-state index contributed by atoms with van der Waals surface area (Å²) in [4.78, 5) is 12.6. The Morgan fingerprint density at radius 2 is 1.68 bits per heavy atom. The van der Waals surface area contributed by atoms with Crippen LogP contribution in [0.2, 0.25) is 5.02 Å². The summed E-state index contributed by atoms with van der Waals surface area (Å²) in [6.45, 7) is 0. The Kier molecular flexibility index (Phi) is 2.68. The SMILES string of the molecule is Nc1cc(N)nc(-c2nccc3ccc(Cl)cc23)n1. The number of aromatic nitrogens is 3. The minimum atomic E-state index is 0.309. The largest absolute Gasteiger partial charge is 0.384 e. The van der Waals surface area contributed by atoms with Gasteiger partial charge in [-0.15, -0.1) is 0 Å². The Bertz CT molecular complexity index is 752. The van der Waals surface area contributed by atoms with Gasteiger partial charge in [0.1, 0.15) is 17.3 Å². The van der Waals surface area contributed by atoms with E-state index in [9.17, 15) is 0 Å². The zero-order valence-electron chi connectivity index (χ0n) is 9.84. The predicted molar refractivity (Wildman–Crippen MR) is 76.6 cm³/mol. The molecule has 4 N–H and O–H groups in total. The first-order valence-corrected chi connectivity index (χ1v) is 5.96. The lowest BCUT2D eigenvalue weighted by atomic mass is 10.1. The summed E-state index contributed by atoms with van der Waals surface area (Å²) in [5.41, 5.74) is 12.0. The summed E-state index contributed by atoms with van der Waals surface area (Å²) < 4.78 is 0. The molecule has 1 aromatic carbocycles. The second-order valence-electron chi connectivity index (χ2n) is 4.07. The Balaban J connectivity index is 2.32. The molecule has 0 bridgehead atoms. The number of halogens is 1. The molecule has 0 aliphatic carbocycles. The Morgan fingerprint density at radius 3 is 2.42 bits per heavy atom. The van der Waals surface area contributed by atoms with Gasteiger partial charge in [0.05, 0.1) is 0 Å². The lowest BCUT2D eigenvalue weighted by Crippen LogP contribution is -2.01. The molecule has 94 valence electrons. The van der Waals surface area contributed by atoms with Gasteiger partial charge in [-0.1, -0.05) is 17.7 Å². The maximum atomic E-state index is 6.02. The highest BCUT2D eigenvalue weighted by molar-refractivity contribution is 6.31. The second kappa shape index (κ2) is 4.37. The standard InChI is InChI=1S/C13H10ClN5/c14-8-2-1-7-3-4-17-12(9(7)5-8)13-18-10(15)6-11(16)19-13/h1-6H,(H4,15,16,18,19). The minimum Gasteiger partial charge on any atom is -0.384 e. The zero-order valence-corrected chi connectivity index (χ0v) is 10.6. The molecule has 0 saturated heterocycles. The van der Waals surface area contributed by atoms with Crippen LogP contribution in [0, 0.1) is 0 Å². The highest BCUT2D eigenvalue weighted by Crippen LogP contribution is 2.27. The average molecular weight is 272 g/mol. The molecule has 19 heavy (non-hydrogen) atoms. The molecular weight excluding hydrogens is 262 g/mol. The molecular formula is C13H10ClN5. The number of nitrogens with zero attached hydrogens (tertiary/aromatic N) is 3. The summed E-state index contributed by atoms with van der Waals surface area (Å²) in [5.74, 6) is 1.01. The van der Waals surface area contributed by atoms with Crippen LogP contribution in [-0.4, -0.2) is 15.0 Å². The molecule has 0 aliphatic heterocycles. The van der Waals surface area contributed by atoms with Crippen molar-refractivity contribution in [2.45, 2.75) is 0 Å². The summed E-state index contributed by atoms with van der Waals surface area (Å²) in [6.07, 6.45) is 1.69. The molecule has 2 aromatic heterocycles. The van der Waals surface area contributed by atoms with Crippen LogP contribution in [0.5, 0.6) is 0 Å². The van der Waals surface area contributed by atoms with Crippen LogP contribution < -0.4 is 11.5 Å². The molecule has 0 aliphatic rings. The van der Waals surface area contributed by atoms with Gasteiger partial charge < -0.3 is 11.5 Å². The molecule has 3 aromatic rings. The maximum absolute atomic E-state index is 6.02. The molecule has 3 rings (SSSR count). The van der Waals surface area contributed by atoms with Gasteiger partial charge >= 0.3 is 0 Å². The second-order valence-corrected chi connectivity index (χ2v) is 4.50. The number of hydrogen-bond acceptors (Lipinski definition) is 5. The topological polar surface area (TPSA) is 90.7 Å². The normalized spacial score (nSPS) is 10.8. The van der Waals surface area contributed by atoms with Gasteiger partial charge in [0.2, 0.25) is 0 Å². The van der Waals surface area contributed by atoms with Crippen molar-refractivity contribution in [1.82, 2.24) is 15.0 Å². The van der Waals surface area contributed by atoms with E-state index in [0.29, 0.717) is 28.2 Å². The highest BCUT2D eigenvalue weighted by atomic mass is 35.5. The first-order valence-electron chi connectivity index (χ1n) is 5.58. The molecule has 0 radical (unpaired) electrons. The zero-order chi connectivity index (χ0) is 13.4. The van der Waals surface area contributed by atoms with Crippen LogP contribution in [0.25, 0.3) is 22.3 Å². The van der Waals surface area contributed by atoms with Gasteiger partial charge in [0, 0.05) is 22.7 Å². The summed E-state index contributed by atoms with van der Waals surface area (Å²) >= 11 is 6.02. The number of benzene rings is 1. The van der Waals surface area contributed by atoms with Gasteiger partial charge in [0.15, 0.2) is 5.82 Å². The fourth-order valence-electron chi connectivity index (χ4n) is 1.91. The quantitative estimate of drug-likeness (QED) is 0.710. The monoisotopic (exact) mass is 271 g/mol. The number of nitrogen functional groups attached to an aromatic ring is 2. The van der Waals surface area contributed by atoms with E-state index in [1.165, 1.54) is 6.07 Å². The number of nitrogens with two attached hydrogens (primary N) is 2. The predicted octanol–water partition coefficient (Wildman–Crippen LogP) is 2.51. The molecule has 0 amide bonds. The number of hydrogen-bond donors (Lipinski definition) is 2. The minimum absolute atomic E-state index is 0.309. The van der Waals surface area contributed by atoms with Gasteiger partial charge in [-0.2, -0.15) is 0 Å². The first-order chi connectivity index (χ1) is 9.13. The first kappa shape index (κ1) is 11.7. The van der Waals surface area contributed by atoms with E-state index in [-0.39, 0.29) is 0 Å². The van der Waals surface area contributed by atoms with Crippen molar-refractivity contribution < 1.29 is 0 Å². The van der Waals surface area contributed by atoms with E-state index in [2.05, 4.69) is 15.0 Å². The van der Waals surface area contributed by atoms with Crippen LogP contribution >= 0.6 is 11.6 Å². The lowest BCUT2D eigenvalue weighted by molar-refractivity contribution is 1.16. The third-order valence-corrected chi connectivity index (χ3v) is 2.94. The van der Waals surface area contributed by atoms with Crippen LogP contribution in [0.1, 0.15) is 0 Å². The van der Waals surface area contributed by atoms with Gasteiger partial charge in [0.25, 0.3) is 0 Å². The summed E-state index contributed by atoms with van der Waals surface area (Å²) in [7, 11) is 0. The fraction of sp³-hybridized carbons (Fsp3) is 0. The summed E-state index contributed by atoms with van der Waals surface area (Å²) in [6, 6.07) is 8.95. The Morgan fingerprint density at radius 1 is 0.947 bits per heavy atom. The third kappa shape index (κ3) is 2.15. The molecule has 0 saturated carbocycles. The van der Waals surface area contributed by atoms with Crippen molar-refractivity contribution in [3.63, 3.8) is 0 Å². The van der Waals surface area contributed by atoms with Crippen molar-refractivity contribution in [3.05, 3.63) is 41.6 Å². The van der Waals surface area contributed by atoms with Crippen LogP contribution in [0.15, 0.2) is 36.5 Å². The van der Waals surface area contributed by atoms with Crippen LogP contribution in [0.3, 0.4) is 0 Å². The van der Waals surface area contributed by atoms with Crippen molar-refractivity contribution >= 4 is 34.0 Å². The lowest BCUT2D eigenvalue weighted by Gasteiger charge is -2.06. The Labute approximate surface area is 114 Å². The van der Waals surface area contributed by atoms with Crippen molar-refractivity contribution in [3.8, 4) is 11.5 Å². The van der Waals surface area contributed by atoms with Crippen LogP contribution in [-0.2, 0) is 0 Å². The average Bonchev–Trinajstić information content (AvgIpc) is 2.36. The molecule has 0 spiro atoms. The molecule has 0 unspecified atom stereocenters. The molecule has 5 nitrogen and oxygen atoms in total. The summed E-state index contributed by atoms with van der Waals surface area (Å²) in [5, 5.41) is 2.48. The van der Waals surface area contributed by atoms with E-state index in [0.717, 1.165) is 10.8 Å². The van der Waals surface area contributed by atoms with E-state index in [1.54, 1.807) is 6.20 Å². The molecule has 2 heterocycles. The van der Waals surface area contributed by atoms with E-state index >= 15 is 0 Å². The van der Waals surface area contributed by atoms with E-state index in [1.807, 2.05) is 24.3 Å². The van der Waals surface area contributed by atoms with E-state index in [4.69, 9.17) is 23.1 Å².